The molecule has 0 spiro atoms. The first-order chi connectivity index (χ1) is 12.9. The Morgan fingerprint density at radius 1 is 1.15 bits per heavy atom. The molecular formula is C20H31N3O3S. The molecule has 0 atom stereocenters. The highest BCUT2D eigenvalue weighted by Crippen LogP contribution is 2.31. The van der Waals surface area contributed by atoms with E-state index in [-0.39, 0.29) is 5.91 Å². The summed E-state index contributed by atoms with van der Waals surface area (Å²) >= 11 is 0. The molecule has 2 aliphatic rings. The lowest BCUT2D eigenvalue weighted by Gasteiger charge is -2.26. The summed E-state index contributed by atoms with van der Waals surface area (Å²) in [6, 6.07) is 5.24. The number of carbonyl (C=O) groups excluding carboxylic acids is 1. The van der Waals surface area contributed by atoms with E-state index in [1.54, 1.807) is 21.3 Å². The number of anilines is 1. The Morgan fingerprint density at radius 3 is 2.59 bits per heavy atom. The van der Waals surface area contributed by atoms with Crippen LogP contribution in [0.2, 0.25) is 0 Å². The highest BCUT2D eigenvalue weighted by molar-refractivity contribution is 7.89. The van der Waals surface area contributed by atoms with Crippen LogP contribution in [0.3, 0.4) is 0 Å². The first kappa shape index (κ1) is 20.3. The second kappa shape index (κ2) is 8.71. The Hall–Kier alpha value is -1.44. The monoisotopic (exact) mass is 393 g/mol. The molecule has 0 N–H and O–H groups in total. The number of carbonyl (C=O) groups is 1. The zero-order valence-electron chi connectivity index (χ0n) is 16.5. The Bertz CT molecular complexity index is 773. The summed E-state index contributed by atoms with van der Waals surface area (Å²) in [4.78, 5) is 16.9. The first-order valence-electron chi connectivity index (χ1n) is 10.1. The lowest BCUT2D eigenvalue weighted by molar-refractivity contribution is -0.119. The van der Waals surface area contributed by atoms with E-state index in [1.165, 1.54) is 0 Å². The van der Waals surface area contributed by atoms with Crippen LogP contribution >= 0.6 is 0 Å². The molecule has 7 heteroatoms. The molecule has 27 heavy (non-hydrogen) atoms. The second-order valence-electron chi connectivity index (χ2n) is 7.64. The van der Waals surface area contributed by atoms with Crippen LogP contribution < -0.4 is 4.90 Å². The van der Waals surface area contributed by atoms with Gasteiger partial charge >= 0.3 is 0 Å². The van der Waals surface area contributed by atoms with E-state index in [1.807, 2.05) is 13.1 Å². The number of benzene rings is 1. The molecule has 0 saturated carbocycles. The molecule has 6 nitrogen and oxygen atoms in total. The van der Waals surface area contributed by atoms with Crippen molar-refractivity contribution in [3.63, 3.8) is 0 Å². The Balaban J connectivity index is 1.72. The summed E-state index contributed by atoms with van der Waals surface area (Å²) in [5.41, 5.74) is 1.82. The summed E-state index contributed by atoms with van der Waals surface area (Å²) in [5.74, 6) is 0.0824. The maximum atomic E-state index is 12.9. The van der Waals surface area contributed by atoms with Gasteiger partial charge in [-0.05, 0) is 63.0 Å². The van der Waals surface area contributed by atoms with Crippen molar-refractivity contribution in [2.45, 2.75) is 50.3 Å². The lowest BCUT2D eigenvalue weighted by Crippen LogP contribution is -2.38. The minimum Gasteiger partial charge on any atom is -0.311 e. The van der Waals surface area contributed by atoms with Gasteiger partial charge in [-0.3, -0.25) is 9.69 Å². The quantitative estimate of drug-likeness (QED) is 0.714. The summed E-state index contributed by atoms with van der Waals surface area (Å²) in [6.45, 7) is 5.29. The fraction of sp³-hybridized carbons (Fsp3) is 0.650. The maximum Gasteiger partial charge on any atom is 0.243 e. The number of piperidine rings is 1. The van der Waals surface area contributed by atoms with Crippen molar-refractivity contribution in [2.24, 2.45) is 0 Å². The molecule has 3 rings (SSSR count). The predicted molar refractivity (Wildman–Crippen MR) is 108 cm³/mol. The van der Waals surface area contributed by atoms with Gasteiger partial charge in [-0.25, -0.2) is 8.42 Å². The summed E-state index contributed by atoms with van der Waals surface area (Å²) in [7, 11) is -1.46. The molecule has 2 aliphatic heterocycles. The van der Waals surface area contributed by atoms with Crippen LogP contribution in [0.5, 0.6) is 0 Å². The summed E-state index contributed by atoms with van der Waals surface area (Å²) in [5, 5.41) is 0. The number of rotatable bonds is 7. The lowest BCUT2D eigenvalue weighted by atomic mass is 10.2. The summed E-state index contributed by atoms with van der Waals surface area (Å²) in [6.07, 6.45) is 5.86. The minimum atomic E-state index is -3.43. The average Bonchev–Trinajstić information content (AvgIpc) is 3.10. The third kappa shape index (κ3) is 4.52. The third-order valence-corrected chi connectivity index (χ3v) is 7.39. The van der Waals surface area contributed by atoms with Gasteiger partial charge in [-0.2, -0.15) is 4.31 Å². The van der Waals surface area contributed by atoms with E-state index in [4.69, 9.17) is 0 Å². The van der Waals surface area contributed by atoms with E-state index in [9.17, 15) is 13.2 Å². The molecule has 2 heterocycles. The number of fused-ring (bicyclic) bond motifs is 1. The number of nitrogens with zero attached hydrogens (tertiary/aromatic N) is 3. The van der Waals surface area contributed by atoms with Gasteiger partial charge in [0.25, 0.3) is 0 Å². The largest absolute Gasteiger partial charge is 0.311 e. The van der Waals surface area contributed by atoms with Gasteiger partial charge in [0.2, 0.25) is 15.9 Å². The maximum absolute atomic E-state index is 12.9. The Kier molecular flexibility index (Phi) is 6.55. The predicted octanol–water partition coefficient (Wildman–Crippen LogP) is 2.48. The smallest absolute Gasteiger partial charge is 0.243 e. The molecule has 0 aromatic heterocycles. The van der Waals surface area contributed by atoms with Gasteiger partial charge in [0.05, 0.1) is 11.4 Å². The number of likely N-dealkylation sites (N-methyl/N-ethyl adjacent to an activating group) is 1. The van der Waals surface area contributed by atoms with Gasteiger partial charge in [0.1, 0.15) is 0 Å². The van der Waals surface area contributed by atoms with Gasteiger partial charge in [0.15, 0.2) is 0 Å². The molecule has 0 radical (unpaired) electrons. The van der Waals surface area contributed by atoms with Gasteiger partial charge in [-0.15, -0.1) is 0 Å². The fourth-order valence-electron chi connectivity index (χ4n) is 3.88. The zero-order chi connectivity index (χ0) is 19.4. The molecule has 150 valence electrons. The van der Waals surface area contributed by atoms with E-state index in [0.717, 1.165) is 49.9 Å². The van der Waals surface area contributed by atoms with Crippen molar-refractivity contribution in [3.8, 4) is 0 Å². The molecule has 1 aromatic rings. The molecule has 1 aromatic carbocycles. The zero-order valence-corrected chi connectivity index (χ0v) is 17.3. The molecule has 0 unspecified atom stereocenters. The van der Waals surface area contributed by atoms with Gasteiger partial charge in [0, 0.05) is 25.3 Å². The van der Waals surface area contributed by atoms with Gasteiger partial charge in [-0.1, -0.05) is 19.8 Å². The van der Waals surface area contributed by atoms with Crippen LogP contribution in [-0.4, -0.2) is 63.3 Å². The summed E-state index contributed by atoms with van der Waals surface area (Å²) < 4.78 is 27.4. The number of sulfonamides is 1. The molecule has 0 aliphatic carbocycles. The van der Waals surface area contributed by atoms with Crippen LogP contribution in [0.4, 0.5) is 5.69 Å². The molecule has 1 fully saturated rings. The van der Waals surface area contributed by atoms with Crippen LogP contribution in [0, 0.1) is 0 Å². The average molecular weight is 394 g/mol. The number of amides is 1. The number of hydrogen-bond acceptors (Lipinski definition) is 4. The van der Waals surface area contributed by atoms with Crippen molar-refractivity contribution >= 4 is 21.6 Å². The Labute approximate surface area is 163 Å². The number of unbranched alkanes of at least 4 members (excludes halogenated alkanes) is 1. The number of hydrogen-bond donors (Lipinski definition) is 0. The van der Waals surface area contributed by atoms with Crippen molar-refractivity contribution < 1.29 is 13.2 Å². The van der Waals surface area contributed by atoms with Crippen molar-refractivity contribution in [1.82, 2.24) is 9.21 Å². The fourth-order valence-corrected chi connectivity index (χ4v) is 5.44. The van der Waals surface area contributed by atoms with Crippen molar-refractivity contribution in [2.75, 3.05) is 44.7 Å². The first-order valence-corrected chi connectivity index (χ1v) is 11.5. The van der Waals surface area contributed by atoms with Crippen molar-refractivity contribution in [3.05, 3.63) is 23.8 Å². The second-order valence-corrected chi connectivity index (χ2v) is 9.58. The normalized spacial score (nSPS) is 18.1. The topological polar surface area (TPSA) is 60.9 Å². The highest BCUT2D eigenvalue weighted by atomic mass is 32.2. The van der Waals surface area contributed by atoms with Crippen LogP contribution in [0.25, 0.3) is 0 Å². The van der Waals surface area contributed by atoms with Crippen molar-refractivity contribution in [1.29, 1.82) is 0 Å². The van der Waals surface area contributed by atoms with E-state index in [0.29, 0.717) is 37.5 Å². The molecular weight excluding hydrogens is 362 g/mol. The SMILES string of the molecule is CCCCN(C)CC(=O)N1CCc2cc(S(=O)(=O)N3CCCCC3)ccc21. The molecule has 0 bridgehead atoms. The molecule has 1 amide bonds. The standard InChI is InChI=1S/C20H31N3O3S/c1-3-4-11-21(2)16-20(24)23-14-10-17-15-18(8-9-19(17)23)27(25,26)22-12-6-5-7-13-22/h8-9,15H,3-7,10-14,16H2,1-2H3. The van der Waals surface area contributed by atoms with Crippen LogP contribution in [-0.2, 0) is 21.2 Å². The van der Waals surface area contributed by atoms with E-state index >= 15 is 0 Å². The van der Waals surface area contributed by atoms with Crippen LogP contribution in [0.1, 0.15) is 44.6 Å². The minimum absolute atomic E-state index is 0.0824. The Morgan fingerprint density at radius 2 is 1.89 bits per heavy atom. The molecule has 1 saturated heterocycles. The van der Waals surface area contributed by atoms with E-state index in [2.05, 4.69) is 11.8 Å². The third-order valence-electron chi connectivity index (χ3n) is 5.50. The van der Waals surface area contributed by atoms with Crippen LogP contribution in [0.15, 0.2) is 23.1 Å². The van der Waals surface area contributed by atoms with E-state index < -0.39 is 10.0 Å². The van der Waals surface area contributed by atoms with Gasteiger partial charge < -0.3 is 4.90 Å². The highest BCUT2D eigenvalue weighted by Gasteiger charge is 2.30.